The molecule has 12 atom stereocenters. The number of hydrogen-bond acceptors (Lipinski definition) is 11. The second-order valence-corrected chi connectivity index (χ2v) is 16.3. The summed E-state index contributed by atoms with van der Waals surface area (Å²) in [5.74, 6) is -2.26. The zero-order chi connectivity index (χ0) is 39.4. The number of carbonyl (C=O) groups excluding carboxylic acids is 3. The number of ketones is 1. The van der Waals surface area contributed by atoms with Gasteiger partial charge in [0.25, 0.3) is 0 Å². The molecule has 4 rings (SSSR count). The number of Topliss-reactive ketones (excluding diaryl/α,β-unsaturated/α-hetero) is 1. The molecule has 3 aliphatic heterocycles. The van der Waals surface area contributed by atoms with Crippen LogP contribution >= 0.6 is 0 Å². The van der Waals surface area contributed by atoms with E-state index in [9.17, 15) is 19.5 Å². The molecule has 1 amide bonds. The topological polar surface area (TPSA) is 127 Å². The minimum atomic E-state index is -1.29. The third-order valence-corrected chi connectivity index (χ3v) is 11.9. The van der Waals surface area contributed by atoms with Gasteiger partial charge in [-0.1, -0.05) is 52.0 Å². The van der Waals surface area contributed by atoms with Gasteiger partial charge in [0.2, 0.25) is 0 Å². The molecule has 1 aromatic carbocycles. The maximum atomic E-state index is 14.6. The van der Waals surface area contributed by atoms with Crippen LogP contribution < -0.4 is 4.90 Å². The number of nitrogens with zero attached hydrogens (tertiary/aromatic N) is 3. The number of cyclic esters (lactones) is 1. The molecule has 12 nitrogen and oxygen atoms in total. The smallest absolute Gasteiger partial charge is 0.410 e. The molecular formula is C41H65N3O9. The number of rotatable bonds is 10. The van der Waals surface area contributed by atoms with E-state index in [1.54, 1.807) is 31.9 Å². The first-order chi connectivity index (χ1) is 24.9. The van der Waals surface area contributed by atoms with Crippen LogP contribution in [0, 0.1) is 17.8 Å². The Hall–Kier alpha value is -3.03. The first kappa shape index (κ1) is 42.7. The lowest BCUT2D eigenvalue weighted by atomic mass is 9.74. The van der Waals surface area contributed by atoms with Gasteiger partial charge < -0.3 is 43.5 Å². The number of carbonyl (C=O) groups is 3. The van der Waals surface area contributed by atoms with Gasteiger partial charge in [0, 0.05) is 62.3 Å². The molecule has 2 fully saturated rings. The number of ether oxygens (including phenoxy) is 5. The van der Waals surface area contributed by atoms with Crippen LogP contribution in [0.15, 0.2) is 42.0 Å². The van der Waals surface area contributed by atoms with Crippen molar-refractivity contribution in [1.82, 2.24) is 9.80 Å². The second-order valence-electron chi connectivity index (χ2n) is 16.3. The summed E-state index contributed by atoms with van der Waals surface area (Å²) in [4.78, 5) is 48.0. The van der Waals surface area contributed by atoms with Crippen molar-refractivity contribution in [3.8, 4) is 0 Å². The summed E-state index contributed by atoms with van der Waals surface area (Å²) in [6.07, 6.45) is -0.495. The van der Waals surface area contributed by atoms with E-state index in [-0.39, 0.29) is 24.3 Å². The number of likely N-dealkylation sites (N-methyl/N-ethyl adjacent to an activating group) is 1. The van der Waals surface area contributed by atoms with Crippen LogP contribution in [0.2, 0.25) is 0 Å². The van der Waals surface area contributed by atoms with E-state index in [1.807, 2.05) is 97.9 Å². The van der Waals surface area contributed by atoms with E-state index in [0.717, 1.165) is 5.69 Å². The van der Waals surface area contributed by atoms with Crippen LogP contribution in [0.1, 0.15) is 81.1 Å². The Kier molecular flexibility index (Phi) is 14.2. The highest BCUT2D eigenvalue weighted by atomic mass is 16.7. The monoisotopic (exact) mass is 743 g/mol. The molecule has 0 spiro atoms. The van der Waals surface area contributed by atoms with Crippen LogP contribution in [0.5, 0.6) is 0 Å². The molecular weight excluding hydrogens is 678 g/mol. The number of amides is 1. The third-order valence-electron chi connectivity index (χ3n) is 11.9. The Labute approximate surface area is 317 Å². The SMILES string of the molecule is CC[C@H]1OC(=O)/C(C)=C/[C@H](C)[C@@H](O[C@@H]2O[C@H](C)C[C@H](N(C)C)[C@H]2O)[C@](C)(OC)C[C@@H](C)C(=O)[C@H](C)[C@H]2N(CCCN(C)c3ccccc3)C(=O)O[C@]12C. The normalized spacial score (nSPS) is 38.4. The minimum Gasteiger partial charge on any atom is -0.455 e. The molecule has 3 aliphatic rings. The average Bonchev–Trinajstić information content (AvgIpc) is 3.38. The maximum absolute atomic E-state index is 14.6. The van der Waals surface area contributed by atoms with Crippen LogP contribution in [0.4, 0.5) is 10.5 Å². The number of esters is 1. The highest BCUT2D eigenvalue weighted by Crippen LogP contribution is 2.43. The Balaban J connectivity index is 1.71. The number of hydrogen-bond donors (Lipinski definition) is 1. The van der Waals surface area contributed by atoms with Crippen molar-refractivity contribution in [1.29, 1.82) is 0 Å². The number of fused-ring (bicyclic) bond motifs is 1. The zero-order valence-electron chi connectivity index (χ0n) is 34.0. The Bertz CT molecular complexity index is 1440. The van der Waals surface area contributed by atoms with Crippen molar-refractivity contribution in [2.75, 3.05) is 46.2 Å². The van der Waals surface area contributed by atoms with Crippen molar-refractivity contribution in [2.24, 2.45) is 17.8 Å². The molecule has 53 heavy (non-hydrogen) atoms. The van der Waals surface area contributed by atoms with E-state index in [0.29, 0.717) is 37.9 Å². The fourth-order valence-electron chi connectivity index (χ4n) is 8.90. The largest absolute Gasteiger partial charge is 0.455 e. The fourth-order valence-corrected chi connectivity index (χ4v) is 8.90. The highest BCUT2D eigenvalue weighted by molar-refractivity contribution is 5.88. The molecule has 0 radical (unpaired) electrons. The fraction of sp³-hybridized carbons (Fsp3) is 0.732. The van der Waals surface area contributed by atoms with Gasteiger partial charge in [-0.3, -0.25) is 4.79 Å². The summed E-state index contributed by atoms with van der Waals surface area (Å²) in [5.41, 5.74) is -0.934. The number of benzene rings is 1. The van der Waals surface area contributed by atoms with E-state index in [4.69, 9.17) is 23.7 Å². The quantitative estimate of drug-likeness (QED) is 0.307. The first-order valence-corrected chi connectivity index (χ1v) is 19.3. The standard InChI is InChI=1S/C41H65N3O9/c1-13-32-41(8)35(44(39(48)53-41)21-17-20-43(11)30-18-15-14-16-19-30)29(6)33(45)27(4)24-40(7,49-12)36(25(2)22-26(3)37(47)51-32)52-38-34(46)31(42(9)10)23-28(5)50-38/h14-16,18-19,22,25,27-29,31-32,34-36,38,46H,13,17,20-21,23-24H2,1-12H3/b26-22+/t25-,27+,28+,29-,31-,32+,34+,35+,36+,38-,40+,41+/m0/s1. The molecule has 0 saturated carbocycles. The van der Waals surface area contributed by atoms with Gasteiger partial charge in [-0.05, 0) is 79.6 Å². The van der Waals surface area contributed by atoms with Gasteiger partial charge in [-0.15, -0.1) is 0 Å². The number of aliphatic hydroxyl groups is 1. The molecule has 3 heterocycles. The molecule has 2 saturated heterocycles. The van der Waals surface area contributed by atoms with Crippen LogP contribution in [0.25, 0.3) is 0 Å². The number of methoxy groups -OCH3 is 1. The zero-order valence-corrected chi connectivity index (χ0v) is 34.0. The van der Waals surface area contributed by atoms with Gasteiger partial charge in [-0.2, -0.15) is 0 Å². The molecule has 0 aromatic heterocycles. The van der Waals surface area contributed by atoms with Gasteiger partial charge in [0.1, 0.15) is 18.0 Å². The lowest BCUT2D eigenvalue weighted by molar-refractivity contribution is -0.294. The molecule has 0 aliphatic carbocycles. The predicted octanol–water partition coefficient (Wildman–Crippen LogP) is 5.46. The minimum absolute atomic E-state index is 0.0687. The molecule has 0 bridgehead atoms. The Morgan fingerprint density at radius 3 is 2.30 bits per heavy atom. The third kappa shape index (κ3) is 9.27. The summed E-state index contributed by atoms with van der Waals surface area (Å²) >= 11 is 0. The van der Waals surface area contributed by atoms with Crippen LogP contribution in [-0.2, 0) is 33.3 Å². The molecule has 0 unspecified atom stereocenters. The van der Waals surface area contributed by atoms with Crippen LogP contribution in [-0.4, -0.2) is 128 Å². The van der Waals surface area contributed by atoms with Crippen molar-refractivity contribution in [3.63, 3.8) is 0 Å². The van der Waals surface area contributed by atoms with Crippen molar-refractivity contribution in [3.05, 3.63) is 42.0 Å². The van der Waals surface area contributed by atoms with E-state index in [2.05, 4.69) is 4.90 Å². The first-order valence-electron chi connectivity index (χ1n) is 19.3. The number of anilines is 1. The molecule has 1 N–H and O–H groups in total. The van der Waals surface area contributed by atoms with Gasteiger partial charge in [-0.25, -0.2) is 9.59 Å². The van der Waals surface area contributed by atoms with E-state index >= 15 is 0 Å². The van der Waals surface area contributed by atoms with Crippen LogP contribution in [0.3, 0.4) is 0 Å². The Morgan fingerprint density at radius 2 is 1.70 bits per heavy atom. The van der Waals surface area contributed by atoms with Crippen molar-refractivity contribution in [2.45, 2.75) is 135 Å². The number of para-hydroxylation sites is 1. The molecule has 298 valence electrons. The summed E-state index contributed by atoms with van der Waals surface area (Å²) in [6.45, 7) is 15.9. The average molecular weight is 744 g/mol. The number of aliphatic hydroxyl groups excluding tert-OH is 1. The lowest BCUT2D eigenvalue weighted by Crippen LogP contribution is -2.59. The van der Waals surface area contributed by atoms with Crippen molar-refractivity contribution < 1.29 is 43.2 Å². The maximum Gasteiger partial charge on any atom is 0.410 e. The molecule has 1 aromatic rings. The highest BCUT2D eigenvalue weighted by Gasteiger charge is 2.60. The summed E-state index contributed by atoms with van der Waals surface area (Å²) in [5, 5.41) is 11.4. The summed E-state index contributed by atoms with van der Waals surface area (Å²) in [6, 6.07) is 9.11. The summed E-state index contributed by atoms with van der Waals surface area (Å²) in [7, 11) is 7.43. The van der Waals surface area contributed by atoms with Crippen molar-refractivity contribution >= 4 is 23.5 Å². The van der Waals surface area contributed by atoms with E-state index < -0.39 is 71.7 Å². The van der Waals surface area contributed by atoms with Gasteiger partial charge >= 0.3 is 12.1 Å². The molecule has 12 heteroatoms. The second kappa shape index (κ2) is 17.6. The van der Waals surface area contributed by atoms with Gasteiger partial charge in [0.05, 0.1) is 23.9 Å². The Morgan fingerprint density at radius 1 is 1.04 bits per heavy atom. The summed E-state index contributed by atoms with van der Waals surface area (Å²) < 4.78 is 31.5. The van der Waals surface area contributed by atoms with E-state index in [1.165, 1.54) is 0 Å². The predicted molar refractivity (Wildman–Crippen MR) is 203 cm³/mol. The lowest BCUT2D eigenvalue weighted by Gasteiger charge is -2.47. The van der Waals surface area contributed by atoms with Gasteiger partial charge in [0.15, 0.2) is 11.9 Å².